The highest BCUT2D eigenvalue weighted by atomic mass is 32.1. The third kappa shape index (κ3) is 2.97. The largest absolute Gasteiger partial charge is 0.487 e. The molecule has 0 fully saturated rings. The van der Waals surface area contributed by atoms with Crippen LogP contribution in [-0.2, 0) is 6.42 Å². The zero-order chi connectivity index (χ0) is 14.8. The lowest BCUT2D eigenvalue weighted by atomic mass is 10.1. The molecule has 0 aromatic heterocycles. The predicted molar refractivity (Wildman–Crippen MR) is 82.3 cm³/mol. The van der Waals surface area contributed by atoms with E-state index >= 15 is 0 Å². The molecule has 0 radical (unpaired) electrons. The molecule has 3 nitrogen and oxygen atoms in total. The zero-order valence-corrected chi connectivity index (χ0v) is 12.0. The fourth-order valence-electron chi connectivity index (χ4n) is 2.30. The molecule has 1 unspecified atom stereocenters. The fraction of sp³-hybridized carbons (Fsp3) is 0.188. The molecule has 0 bridgehead atoms. The zero-order valence-electron chi connectivity index (χ0n) is 11.2. The van der Waals surface area contributed by atoms with Crippen LogP contribution in [0.4, 0.5) is 4.39 Å². The number of rotatable bonds is 4. The van der Waals surface area contributed by atoms with Crippen molar-refractivity contribution in [2.75, 3.05) is 6.61 Å². The summed E-state index contributed by atoms with van der Waals surface area (Å²) in [6.07, 6.45) is 0.667. The Morgan fingerprint density at radius 3 is 2.86 bits per heavy atom. The van der Waals surface area contributed by atoms with Crippen LogP contribution in [0.1, 0.15) is 11.1 Å². The normalized spacial score (nSPS) is 16.1. The van der Waals surface area contributed by atoms with E-state index in [1.165, 1.54) is 12.1 Å². The van der Waals surface area contributed by atoms with Gasteiger partial charge in [-0.25, -0.2) is 4.39 Å². The smallest absolute Gasteiger partial charge is 0.165 e. The molecule has 5 heteroatoms. The van der Waals surface area contributed by atoms with Gasteiger partial charge in [-0.1, -0.05) is 30.4 Å². The van der Waals surface area contributed by atoms with E-state index in [4.69, 9.17) is 27.4 Å². The van der Waals surface area contributed by atoms with Crippen LogP contribution in [0.2, 0.25) is 0 Å². The lowest BCUT2D eigenvalue weighted by Gasteiger charge is -2.13. The maximum absolute atomic E-state index is 13.9. The third-order valence-electron chi connectivity index (χ3n) is 3.35. The second kappa shape index (κ2) is 5.69. The SMILES string of the molecule is NC(=S)c1ccc(OCC2Cc3ccccc3O2)c(F)c1. The van der Waals surface area contributed by atoms with E-state index in [1.54, 1.807) is 6.07 Å². The Labute approximate surface area is 127 Å². The van der Waals surface area contributed by atoms with Crippen molar-refractivity contribution >= 4 is 17.2 Å². The molecule has 0 amide bonds. The Morgan fingerprint density at radius 1 is 1.33 bits per heavy atom. The van der Waals surface area contributed by atoms with Crippen LogP contribution in [0.25, 0.3) is 0 Å². The van der Waals surface area contributed by atoms with Gasteiger partial charge in [-0.15, -0.1) is 0 Å². The number of hydrogen-bond donors (Lipinski definition) is 1. The lowest BCUT2D eigenvalue weighted by molar-refractivity contribution is 0.145. The number of thiocarbonyl (C=S) groups is 1. The van der Waals surface area contributed by atoms with Crippen molar-refractivity contribution in [3.8, 4) is 11.5 Å². The summed E-state index contributed by atoms with van der Waals surface area (Å²) < 4.78 is 25.1. The predicted octanol–water partition coefficient (Wildman–Crippen LogP) is 2.84. The highest BCUT2D eigenvalue weighted by Crippen LogP contribution is 2.28. The number of hydrogen-bond acceptors (Lipinski definition) is 3. The van der Waals surface area contributed by atoms with Gasteiger partial charge in [-0.05, 0) is 29.8 Å². The number of nitrogens with two attached hydrogens (primary N) is 1. The van der Waals surface area contributed by atoms with Crippen molar-refractivity contribution in [3.63, 3.8) is 0 Å². The number of fused-ring (bicyclic) bond motifs is 1. The fourth-order valence-corrected chi connectivity index (χ4v) is 2.43. The Balaban J connectivity index is 1.63. The minimum absolute atomic E-state index is 0.0999. The van der Waals surface area contributed by atoms with Gasteiger partial charge in [0, 0.05) is 12.0 Å². The molecule has 0 spiro atoms. The van der Waals surface area contributed by atoms with Crippen molar-refractivity contribution in [1.29, 1.82) is 0 Å². The first kappa shape index (κ1) is 13.8. The van der Waals surface area contributed by atoms with E-state index < -0.39 is 5.82 Å². The van der Waals surface area contributed by atoms with Crippen molar-refractivity contribution < 1.29 is 13.9 Å². The van der Waals surface area contributed by atoms with Crippen LogP contribution in [0.3, 0.4) is 0 Å². The van der Waals surface area contributed by atoms with E-state index in [0.717, 1.165) is 17.7 Å². The van der Waals surface area contributed by atoms with Crippen LogP contribution in [0.15, 0.2) is 42.5 Å². The summed E-state index contributed by atoms with van der Waals surface area (Å²) in [6.45, 7) is 0.290. The molecule has 1 aliphatic heterocycles. The van der Waals surface area contributed by atoms with Gasteiger partial charge in [0.15, 0.2) is 11.6 Å². The van der Waals surface area contributed by atoms with Crippen LogP contribution in [0.5, 0.6) is 11.5 Å². The Morgan fingerprint density at radius 2 is 2.14 bits per heavy atom. The minimum atomic E-state index is -0.476. The molecular formula is C16H14FNO2S. The average molecular weight is 303 g/mol. The number of halogens is 1. The van der Waals surface area contributed by atoms with E-state index in [9.17, 15) is 4.39 Å². The Kier molecular flexibility index (Phi) is 3.75. The molecule has 2 aromatic carbocycles. The van der Waals surface area contributed by atoms with Gasteiger partial charge in [0.05, 0.1) is 0 Å². The molecule has 108 valence electrons. The topological polar surface area (TPSA) is 44.5 Å². The molecule has 2 aromatic rings. The first-order chi connectivity index (χ1) is 10.1. The summed E-state index contributed by atoms with van der Waals surface area (Å²) in [5.74, 6) is 0.570. The Hall–Kier alpha value is -2.14. The monoisotopic (exact) mass is 303 g/mol. The molecule has 0 saturated carbocycles. The average Bonchev–Trinajstić information content (AvgIpc) is 2.88. The minimum Gasteiger partial charge on any atom is -0.487 e. The van der Waals surface area contributed by atoms with Gasteiger partial charge < -0.3 is 15.2 Å². The molecule has 1 atom stereocenters. The Bertz CT molecular complexity index is 665. The lowest BCUT2D eigenvalue weighted by Crippen LogP contribution is -2.22. The maximum Gasteiger partial charge on any atom is 0.165 e. The number of benzene rings is 2. The summed E-state index contributed by atoms with van der Waals surface area (Å²) in [5.41, 5.74) is 7.09. The van der Waals surface area contributed by atoms with E-state index in [1.807, 2.05) is 24.3 Å². The van der Waals surface area contributed by atoms with Crippen LogP contribution in [0, 0.1) is 5.82 Å². The standard InChI is InChI=1S/C16H14FNO2S/c17-13-8-11(16(18)21)5-6-15(13)19-9-12-7-10-3-1-2-4-14(10)20-12/h1-6,8,12H,7,9H2,(H2,18,21). The van der Waals surface area contributed by atoms with Gasteiger partial charge in [0.1, 0.15) is 23.4 Å². The van der Waals surface area contributed by atoms with Gasteiger partial charge in [0.2, 0.25) is 0 Å². The summed E-state index contributed by atoms with van der Waals surface area (Å²) in [6, 6.07) is 12.3. The van der Waals surface area contributed by atoms with Crippen molar-refractivity contribution in [2.24, 2.45) is 5.73 Å². The third-order valence-corrected chi connectivity index (χ3v) is 3.59. The molecule has 2 N–H and O–H groups in total. The van der Waals surface area contributed by atoms with Crippen molar-refractivity contribution in [3.05, 3.63) is 59.4 Å². The summed E-state index contributed by atoms with van der Waals surface area (Å²) >= 11 is 4.81. The van der Waals surface area contributed by atoms with E-state index in [0.29, 0.717) is 5.56 Å². The second-order valence-corrected chi connectivity index (χ2v) is 5.31. The van der Waals surface area contributed by atoms with E-state index in [-0.39, 0.29) is 23.4 Å². The highest BCUT2D eigenvalue weighted by molar-refractivity contribution is 7.80. The van der Waals surface area contributed by atoms with Gasteiger partial charge in [-0.2, -0.15) is 0 Å². The van der Waals surface area contributed by atoms with Crippen LogP contribution >= 0.6 is 12.2 Å². The summed E-state index contributed by atoms with van der Waals surface area (Å²) in [7, 11) is 0. The molecule has 1 aliphatic rings. The van der Waals surface area contributed by atoms with Crippen LogP contribution in [-0.4, -0.2) is 17.7 Å². The molecule has 21 heavy (non-hydrogen) atoms. The first-order valence-electron chi connectivity index (χ1n) is 6.60. The molecule has 0 aliphatic carbocycles. The molecule has 3 rings (SSSR count). The number of ether oxygens (including phenoxy) is 2. The van der Waals surface area contributed by atoms with Crippen LogP contribution < -0.4 is 15.2 Å². The van der Waals surface area contributed by atoms with E-state index in [2.05, 4.69) is 0 Å². The first-order valence-corrected chi connectivity index (χ1v) is 7.01. The highest BCUT2D eigenvalue weighted by Gasteiger charge is 2.23. The molecule has 0 saturated heterocycles. The number of para-hydroxylation sites is 1. The van der Waals surface area contributed by atoms with Gasteiger partial charge in [-0.3, -0.25) is 0 Å². The van der Waals surface area contributed by atoms with Gasteiger partial charge in [0.25, 0.3) is 0 Å². The molecular weight excluding hydrogens is 289 g/mol. The summed E-state index contributed by atoms with van der Waals surface area (Å²) in [5, 5.41) is 0. The quantitative estimate of drug-likeness (QED) is 0.882. The maximum atomic E-state index is 13.9. The van der Waals surface area contributed by atoms with Crippen molar-refractivity contribution in [2.45, 2.75) is 12.5 Å². The second-order valence-electron chi connectivity index (χ2n) is 4.87. The molecule has 1 heterocycles. The van der Waals surface area contributed by atoms with Crippen molar-refractivity contribution in [1.82, 2.24) is 0 Å². The summed E-state index contributed by atoms with van der Waals surface area (Å²) in [4.78, 5) is 0.162. The van der Waals surface area contributed by atoms with Gasteiger partial charge >= 0.3 is 0 Å².